The minimum absolute atomic E-state index is 0.321. The Hall–Kier alpha value is -1.10. The van der Waals surface area contributed by atoms with E-state index >= 15 is 0 Å². The molecular weight excluding hydrogens is 261 g/mol. The fraction of sp³-hybridized carbons (Fsp3) is 0.167. The van der Waals surface area contributed by atoms with Crippen LogP contribution in [0.3, 0.4) is 0 Å². The summed E-state index contributed by atoms with van der Waals surface area (Å²) in [5, 5.41) is 12.2. The van der Waals surface area contributed by atoms with E-state index in [4.69, 9.17) is 16.7 Å². The van der Waals surface area contributed by atoms with Crippen molar-refractivity contribution in [3.8, 4) is 5.75 Å². The lowest BCUT2D eigenvalue weighted by Gasteiger charge is -2.04. The second-order valence-electron chi connectivity index (χ2n) is 3.60. The molecule has 0 aliphatic rings. The van der Waals surface area contributed by atoms with E-state index in [1.165, 1.54) is 23.5 Å². The third kappa shape index (κ3) is 3.43. The Balaban J connectivity index is 1.87. The highest BCUT2D eigenvalue weighted by atomic mass is 35.5. The number of phenolic OH excluding ortho intramolecular Hbond substituents is 1. The average Bonchev–Trinajstić information content (AvgIpc) is 2.70. The lowest BCUT2D eigenvalue weighted by molar-refractivity contribution is 0.431. The zero-order chi connectivity index (χ0) is 12.3. The molecule has 1 heterocycles. The number of nitrogens with one attached hydrogen (secondary N) is 1. The smallest absolute Gasteiger partial charge is 0.165 e. The Morgan fingerprint density at radius 1 is 1.24 bits per heavy atom. The summed E-state index contributed by atoms with van der Waals surface area (Å²) in [6, 6.07) is 8.17. The van der Waals surface area contributed by atoms with E-state index in [9.17, 15) is 4.39 Å². The third-order valence-electron chi connectivity index (χ3n) is 2.27. The van der Waals surface area contributed by atoms with Crippen molar-refractivity contribution in [2.75, 3.05) is 0 Å². The summed E-state index contributed by atoms with van der Waals surface area (Å²) < 4.78 is 13.8. The molecule has 2 rings (SSSR count). The van der Waals surface area contributed by atoms with Crippen LogP contribution in [0.5, 0.6) is 5.75 Å². The summed E-state index contributed by atoms with van der Waals surface area (Å²) in [6.07, 6.45) is 0. The van der Waals surface area contributed by atoms with Crippen LogP contribution in [0, 0.1) is 5.82 Å². The predicted molar refractivity (Wildman–Crippen MR) is 67.9 cm³/mol. The minimum atomic E-state index is -0.594. The number of benzene rings is 1. The molecule has 0 fully saturated rings. The zero-order valence-electron chi connectivity index (χ0n) is 8.91. The van der Waals surface area contributed by atoms with E-state index in [1.807, 2.05) is 12.1 Å². The van der Waals surface area contributed by atoms with Crippen molar-refractivity contribution < 1.29 is 9.50 Å². The molecule has 0 saturated carbocycles. The number of hydrogen-bond donors (Lipinski definition) is 2. The van der Waals surface area contributed by atoms with Crippen LogP contribution in [-0.4, -0.2) is 5.11 Å². The van der Waals surface area contributed by atoms with E-state index in [0.717, 1.165) is 14.8 Å². The Bertz CT molecular complexity index is 515. The van der Waals surface area contributed by atoms with Crippen molar-refractivity contribution >= 4 is 22.9 Å². The second kappa shape index (κ2) is 5.49. The van der Waals surface area contributed by atoms with E-state index in [0.29, 0.717) is 13.1 Å². The quantitative estimate of drug-likeness (QED) is 0.892. The zero-order valence-corrected chi connectivity index (χ0v) is 10.5. The fourth-order valence-electron chi connectivity index (χ4n) is 1.44. The summed E-state index contributed by atoms with van der Waals surface area (Å²) in [4.78, 5) is 1.13. The number of hydrogen-bond acceptors (Lipinski definition) is 3. The SMILES string of the molecule is Oc1ccc(CNCc2ccc(Cl)s2)cc1F. The number of thiophene rings is 1. The lowest BCUT2D eigenvalue weighted by atomic mass is 10.2. The summed E-state index contributed by atoms with van der Waals surface area (Å²) in [6.45, 7) is 1.24. The second-order valence-corrected chi connectivity index (χ2v) is 5.39. The van der Waals surface area contributed by atoms with Gasteiger partial charge in [0.15, 0.2) is 11.6 Å². The Morgan fingerprint density at radius 2 is 2.06 bits per heavy atom. The van der Waals surface area contributed by atoms with Crippen LogP contribution in [0.4, 0.5) is 4.39 Å². The molecule has 0 unspecified atom stereocenters. The van der Waals surface area contributed by atoms with Gasteiger partial charge >= 0.3 is 0 Å². The van der Waals surface area contributed by atoms with Gasteiger partial charge in [0, 0.05) is 18.0 Å². The minimum Gasteiger partial charge on any atom is -0.505 e. The van der Waals surface area contributed by atoms with Crippen molar-refractivity contribution in [3.63, 3.8) is 0 Å². The molecule has 0 aliphatic heterocycles. The number of phenols is 1. The van der Waals surface area contributed by atoms with Gasteiger partial charge in [-0.2, -0.15) is 0 Å². The van der Waals surface area contributed by atoms with Gasteiger partial charge in [-0.1, -0.05) is 17.7 Å². The monoisotopic (exact) mass is 271 g/mol. The first-order valence-corrected chi connectivity index (χ1v) is 6.27. The first-order chi connectivity index (χ1) is 8.15. The average molecular weight is 272 g/mol. The van der Waals surface area contributed by atoms with Crippen LogP contribution < -0.4 is 5.32 Å². The highest BCUT2D eigenvalue weighted by molar-refractivity contribution is 7.16. The van der Waals surface area contributed by atoms with Crippen molar-refractivity contribution in [2.24, 2.45) is 0 Å². The van der Waals surface area contributed by atoms with Gasteiger partial charge in [-0.15, -0.1) is 11.3 Å². The van der Waals surface area contributed by atoms with Crippen LogP contribution in [0.1, 0.15) is 10.4 Å². The predicted octanol–water partition coefficient (Wildman–Crippen LogP) is 3.54. The van der Waals surface area contributed by atoms with E-state index < -0.39 is 5.82 Å². The van der Waals surface area contributed by atoms with Crippen LogP contribution in [0.2, 0.25) is 4.34 Å². The molecule has 0 bridgehead atoms. The van der Waals surface area contributed by atoms with Crippen molar-refractivity contribution in [1.82, 2.24) is 5.32 Å². The number of rotatable bonds is 4. The molecule has 0 amide bonds. The molecule has 90 valence electrons. The Labute approximate surface area is 108 Å². The largest absolute Gasteiger partial charge is 0.505 e. The summed E-state index contributed by atoms with van der Waals surface area (Å²) in [7, 11) is 0. The van der Waals surface area contributed by atoms with Crippen molar-refractivity contribution in [1.29, 1.82) is 0 Å². The molecule has 2 aromatic rings. The Morgan fingerprint density at radius 3 is 2.71 bits per heavy atom. The van der Waals surface area contributed by atoms with Gasteiger partial charge in [0.25, 0.3) is 0 Å². The maximum Gasteiger partial charge on any atom is 0.165 e. The molecule has 0 saturated heterocycles. The molecule has 1 aromatic carbocycles. The lowest BCUT2D eigenvalue weighted by Crippen LogP contribution is -2.11. The molecule has 1 aromatic heterocycles. The molecule has 0 aliphatic carbocycles. The summed E-state index contributed by atoms with van der Waals surface area (Å²) >= 11 is 7.33. The normalized spacial score (nSPS) is 10.7. The third-order valence-corrected chi connectivity index (χ3v) is 3.50. The summed E-state index contributed by atoms with van der Waals surface area (Å²) in [5.74, 6) is -0.915. The van der Waals surface area contributed by atoms with Gasteiger partial charge in [-0.05, 0) is 29.8 Å². The molecule has 5 heteroatoms. The summed E-state index contributed by atoms with van der Waals surface area (Å²) in [5.41, 5.74) is 0.794. The fourth-order valence-corrected chi connectivity index (χ4v) is 2.49. The standard InChI is InChI=1S/C12H11ClFNOS/c13-12-4-2-9(17-12)7-15-6-8-1-3-11(16)10(14)5-8/h1-5,15-16H,6-7H2. The van der Waals surface area contributed by atoms with Crippen molar-refractivity contribution in [2.45, 2.75) is 13.1 Å². The van der Waals surface area contributed by atoms with Gasteiger partial charge in [-0.25, -0.2) is 4.39 Å². The maximum atomic E-state index is 13.0. The molecule has 0 spiro atoms. The number of aromatic hydroxyl groups is 1. The maximum absolute atomic E-state index is 13.0. The van der Waals surface area contributed by atoms with Gasteiger partial charge in [0.2, 0.25) is 0 Å². The first kappa shape index (κ1) is 12.4. The van der Waals surface area contributed by atoms with Gasteiger partial charge in [0.1, 0.15) is 0 Å². The highest BCUT2D eigenvalue weighted by Gasteiger charge is 2.02. The number of halogens is 2. The van der Waals surface area contributed by atoms with E-state index in [1.54, 1.807) is 6.07 Å². The van der Waals surface area contributed by atoms with Crippen LogP contribution >= 0.6 is 22.9 Å². The van der Waals surface area contributed by atoms with Gasteiger partial charge in [-0.3, -0.25) is 0 Å². The topological polar surface area (TPSA) is 32.3 Å². The molecule has 0 radical (unpaired) electrons. The molecule has 0 atom stereocenters. The van der Waals surface area contributed by atoms with E-state index in [-0.39, 0.29) is 5.75 Å². The highest BCUT2D eigenvalue weighted by Crippen LogP contribution is 2.21. The molecule has 2 N–H and O–H groups in total. The van der Waals surface area contributed by atoms with Crippen molar-refractivity contribution in [3.05, 3.63) is 50.9 Å². The molecular formula is C12H11ClFNOS. The van der Waals surface area contributed by atoms with Gasteiger partial charge in [0.05, 0.1) is 4.34 Å². The van der Waals surface area contributed by atoms with Crippen LogP contribution in [0.15, 0.2) is 30.3 Å². The van der Waals surface area contributed by atoms with E-state index in [2.05, 4.69) is 5.32 Å². The Kier molecular flexibility index (Phi) is 3.99. The first-order valence-electron chi connectivity index (χ1n) is 5.07. The molecule has 2 nitrogen and oxygen atoms in total. The van der Waals surface area contributed by atoms with Crippen LogP contribution in [-0.2, 0) is 13.1 Å². The van der Waals surface area contributed by atoms with Crippen LogP contribution in [0.25, 0.3) is 0 Å². The van der Waals surface area contributed by atoms with Gasteiger partial charge < -0.3 is 10.4 Å². The molecule has 17 heavy (non-hydrogen) atoms.